The van der Waals surface area contributed by atoms with Gasteiger partial charge in [-0.3, -0.25) is 14.8 Å². The number of aromatic amines is 1. The first-order valence-electron chi connectivity index (χ1n) is 7.81. The first-order chi connectivity index (χ1) is 12.5. The number of nitrogens with zero attached hydrogens (tertiary/aromatic N) is 5. The minimum Gasteiger partial charge on any atom is -0.314 e. The molecule has 0 spiro atoms. The fourth-order valence-electron chi connectivity index (χ4n) is 2.54. The van der Waals surface area contributed by atoms with Crippen LogP contribution in [0.25, 0.3) is 0 Å². The van der Waals surface area contributed by atoms with Crippen molar-refractivity contribution in [1.82, 2.24) is 19.7 Å². The highest BCUT2D eigenvalue weighted by Gasteiger charge is 2.13. The monoisotopic (exact) mass is 345 g/mol. The van der Waals surface area contributed by atoms with Crippen LogP contribution in [0, 0.1) is 36.5 Å². The Morgan fingerprint density at radius 2 is 1.96 bits per heavy atom. The first-order valence-corrected chi connectivity index (χ1v) is 7.81. The van der Waals surface area contributed by atoms with Crippen LogP contribution in [0.1, 0.15) is 38.7 Å². The molecule has 3 rings (SSSR count). The summed E-state index contributed by atoms with van der Waals surface area (Å²) in [6.07, 6.45) is 0. The van der Waals surface area contributed by atoms with Crippen molar-refractivity contribution < 1.29 is 4.79 Å². The van der Waals surface area contributed by atoms with Crippen molar-refractivity contribution in [2.24, 2.45) is 0 Å². The summed E-state index contributed by atoms with van der Waals surface area (Å²) in [5, 5.41) is 24.7. The first kappa shape index (κ1) is 16.9. The maximum Gasteiger partial charge on any atom is 0.257 e. The molecule has 2 N–H and O–H groups in total. The Balaban J connectivity index is 1.71. The van der Waals surface area contributed by atoms with E-state index in [0.29, 0.717) is 12.1 Å². The van der Waals surface area contributed by atoms with Crippen molar-refractivity contribution in [1.29, 1.82) is 10.5 Å². The van der Waals surface area contributed by atoms with Gasteiger partial charge in [-0.1, -0.05) is 12.1 Å². The van der Waals surface area contributed by atoms with Gasteiger partial charge in [-0.2, -0.15) is 15.6 Å². The molecule has 0 aliphatic heterocycles. The summed E-state index contributed by atoms with van der Waals surface area (Å²) in [5.74, 6) is -0.319. The van der Waals surface area contributed by atoms with Crippen molar-refractivity contribution in [3.63, 3.8) is 0 Å². The van der Waals surface area contributed by atoms with Crippen molar-refractivity contribution in [3.8, 4) is 12.1 Å². The van der Waals surface area contributed by atoms with Gasteiger partial charge in [0.2, 0.25) is 5.95 Å². The number of amides is 1. The Labute approximate surface area is 149 Å². The average Bonchev–Trinajstić information content (AvgIpc) is 3.17. The number of carbonyl (C=O) groups excluding carboxylic acids is 1. The molecule has 0 aliphatic rings. The Morgan fingerprint density at radius 3 is 2.50 bits per heavy atom. The van der Waals surface area contributed by atoms with Gasteiger partial charge >= 0.3 is 0 Å². The van der Waals surface area contributed by atoms with Crippen molar-refractivity contribution in [3.05, 3.63) is 64.2 Å². The highest BCUT2D eigenvalue weighted by atomic mass is 16.1. The zero-order valence-corrected chi connectivity index (χ0v) is 14.2. The lowest BCUT2D eigenvalue weighted by molar-refractivity contribution is 0.102. The second kappa shape index (κ2) is 6.91. The van der Waals surface area contributed by atoms with Gasteiger partial charge in [0.1, 0.15) is 12.1 Å². The van der Waals surface area contributed by atoms with E-state index in [1.54, 1.807) is 18.2 Å². The number of nitriles is 2. The van der Waals surface area contributed by atoms with E-state index in [1.807, 2.05) is 42.8 Å². The molecule has 0 saturated carbocycles. The van der Waals surface area contributed by atoms with Gasteiger partial charge in [0.15, 0.2) is 11.4 Å². The zero-order valence-electron chi connectivity index (χ0n) is 14.2. The van der Waals surface area contributed by atoms with E-state index in [2.05, 4.69) is 20.4 Å². The van der Waals surface area contributed by atoms with Crippen molar-refractivity contribution >= 4 is 11.9 Å². The molecule has 0 bridgehead atoms. The van der Waals surface area contributed by atoms with Crippen LogP contribution in [0.15, 0.2) is 30.3 Å². The van der Waals surface area contributed by atoms with Crippen LogP contribution in [0.2, 0.25) is 0 Å². The highest BCUT2D eigenvalue weighted by Crippen LogP contribution is 2.12. The van der Waals surface area contributed by atoms with Crippen LogP contribution in [0.3, 0.4) is 0 Å². The minimum atomic E-state index is -0.384. The lowest BCUT2D eigenvalue weighted by Crippen LogP contribution is -2.13. The molecule has 2 aromatic heterocycles. The largest absolute Gasteiger partial charge is 0.314 e. The van der Waals surface area contributed by atoms with Crippen LogP contribution in [0.4, 0.5) is 5.95 Å². The standard InChI is InChI=1S/C18H15N7O/c1-11-7-12(2)25(24-11)10-13-3-5-14(6-4-13)17(26)23-18-21-15(8-19)16(9-20)22-18/h3-7H,10H2,1-2H3,(H2,21,22,23,26). The predicted octanol–water partition coefficient (Wildman–Crippen LogP) is 2.27. The highest BCUT2D eigenvalue weighted by molar-refractivity contribution is 6.03. The molecule has 8 heteroatoms. The molecule has 1 aromatic carbocycles. The second-order valence-corrected chi connectivity index (χ2v) is 5.77. The second-order valence-electron chi connectivity index (χ2n) is 5.77. The maximum atomic E-state index is 12.3. The van der Waals surface area contributed by atoms with Crippen molar-refractivity contribution in [2.75, 3.05) is 5.32 Å². The summed E-state index contributed by atoms with van der Waals surface area (Å²) in [5.41, 5.74) is 3.46. The summed E-state index contributed by atoms with van der Waals surface area (Å²) in [6, 6.07) is 12.7. The molecule has 0 saturated heterocycles. The molecular weight excluding hydrogens is 330 g/mol. The summed E-state index contributed by atoms with van der Waals surface area (Å²) >= 11 is 0. The van der Waals surface area contributed by atoms with Crippen LogP contribution >= 0.6 is 0 Å². The fourth-order valence-corrected chi connectivity index (χ4v) is 2.54. The average molecular weight is 345 g/mol. The summed E-state index contributed by atoms with van der Waals surface area (Å²) in [6.45, 7) is 4.56. The molecule has 128 valence electrons. The molecule has 0 atom stereocenters. The van der Waals surface area contributed by atoms with Gasteiger partial charge in [-0.25, -0.2) is 4.98 Å². The lowest BCUT2D eigenvalue weighted by Gasteiger charge is -2.06. The van der Waals surface area contributed by atoms with Gasteiger partial charge in [0.25, 0.3) is 5.91 Å². The molecule has 0 aliphatic carbocycles. The van der Waals surface area contributed by atoms with Crippen LogP contribution in [-0.4, -0.2) is 25.7 Å². The van der Waals surface area contributed by atoms with E-state index in [-0.39, 0.29) is 23.2 Å². The summed E-state index contributed by atoms with van der Waals surface area (Å²) in [7, 11) is 0. The Bertz CT molecular complexity index is 1010. The van der Waals surface area contributed by atoms with Gasteiger partial charge in [0.05, 0.1) is 12.2 Å². The third kappa shape index (κ3) is 3.45. The SMILES string of the molecule is Cc1cc(C)n(Cc2ccc(C(=O)Nc3nc(C#N)c(C#N)[nH]3)cc2)n1. The molecule has 0 fully saturated rings. The number of hydrogen-bond acceptors (Lipinski definition) is 5. The number of aryl methyl sites for hydroxylation is 2. The van der Waals surface area contributed by atoms with Crippen molar-refractivity contribution in [2.45, 2.75) is 20.4 Å². The number of carbonyl (C=O) groups is 1. The quantitative estimate of drug-likeness (QED) is 0.751. The fraction of sp³-hybridized carbons (Fsp3) is 0.167. The predicted molar refractivity (Wildman–Crippen MR) is 93.2 cm³/mol. The Kier molecular flexibility index (Phi) is 4.50. The molecular formula is C18H15N7O. The third-order valence-electron chi connectivity index (χ3n) is 3.81. The van der Waals surface area contributed by atoms with Gasteiger partial charge in [-0.15, -0.1) is 0 Å². The van der Waals surface area contributed by atoms with Gasteiger partial charge in [0, 0.05) is 11.3 Å². The molecule has 0 unspecified atom stereocenters. The van der Waals surface area contributed by atoms with Crippen LogP contribution in [0.5, 0.6) is 0 Å². The number of rotatable bonds is 4. The van der Waals surface area contributed by atoms with Gasteiger partial charge < -0.3 is 4.98 Å². The normalized spacial score (nSPS) is 10.2. The summed E-state index contributed by atoms with van der Waals surface area (Å²) < 4.78 is 1.90. The van der Waals surface area contributed by atoms with E-state index < -0.39 is 0 Å². The van der Waals surface area contributed by atoms with E-state index in [1.165, 1.54) is 0 Å². The third-order valence-corrected chi connectivity index (χ3v) is 3.81. The smallest absolute Gasteiger partial charge is 0.257 e. The molecule has 2 heterocycles. The van der Waals surface area contributed by atoms with E-state index in [4.69, 9.17) is 10.5 Å². The topological polar surface area (TPSA) is 123 Å². The maximum absolute atomic E-state index is 12.3. The summed E-state index contributed by atoms with van der Waals surface area (Å²) in [4.78, 5) is 18.7. The minimum absolute atomic E-state index is 0.0167. The van der Waals surface area contributed by atoms with Crippen LogP contribution in [-0.2, 0) is 6.54 Å². The van der Waals surface area contributed by atoms with Gasteiger partial charge in [-0.05, 0) is 37.6 Å². The molecule has 8 nitrogen and oxygen atoms in total. The van der Waals surface area contributed by atoms with E-state index in [9.17, 15) is 4.79 Å². The number of benzene rings is 1. The van der Waals surface area contributed by atoms with E-state index >= 15 is 0 Å². The Hall–Kier alpha value is -3.91. The van der Waals surface area contributed by atoms with Crippen LogP contribution < -0.4 is 5.32 Å². The number of hydrogen-bond donors (Lipinski definition) is 2. The molecule has 1 amide bonds. The zero-order chi connectivity index (χ0) is 18.7. The number of anilines is 1. The lowest BCUT2D eigenvalue weighted by atomic mass is 10.1. The number of imidazole rings is 1. The molecule has 26 heavy (non-hydrogen) atoms. The molecule has 0 radical (unpaired) electrons. The number of nitrogens with one attached hydrogen (secondary N) is 2. The molecule has 3 aromatic rings. The number of aromatic nitrogens is 4. The van der Waals surface area contributed by atoms with E-state index in [0.717, 1.165) is 17.0 Å². The number of H-pyrrole nitrogens is 1. The Morgan fingerprint density at radius 1 is 1.23 bits per heavy atom.